The highest BCUT2D eigenvalue weighted by Crippen LogP contribution is 1.67. The molecular weight excluding hydrogens is 152 g/mol. The maximum absolute atomic E-state index is 9.88. The second-order valence-corrected chi connectivity index (χ2v) is 1.43. The van der Waals surface area contributed by atoms with Crippen LogP contribution in [-0.2, 0) is 14.4 Å². The SMILES string of the molecule is O=CNOC=CNCC(=O)O. The predicted molar refractivity (Wildman–Crippen MR) is 35.1 cm³/mol. The number of aliphatic carboxylic acids is 1. The number of rotatable bonds is 6. The van der Waals surface area contributed by atoms with Crippen LogP contribution in [0.1, 0.15) is 0 Å². The molecule has 0 fully saturated rings. The summed E-state index contributed by atoms with van der Waals surface area (Å²) < 4.78 is 0. The molecule has 6 heteroatoms. The van der Waals surface area contributed by atoms with Gasteiger partial charge in [0.25, 0.3) is 0 Å². The van der Waals surface area contributed by atoms with Crippen LogP contribution in [0.5, 0.6) is 0 Å². The minimum absolute atomic E-state index is 0.194. The highest BCUT2D eigenvalue weighted by molar-refractivity contribution is 5.69. The van der Waals surface area contributed by atoms with E-state index in [9.17, 15) is 9.59 Å². The number of carboxylic acids is 1. The molecular formula is C5H8N2O4. The maximum Gasteiger partial charge on any atom is 0.322 e. The summed E-state index contributed by atoms with van der Waals surface area (Å²) in [6.07, 6.45) is 2.71. The lowest BCUT2D eigenvalue weighted by Gasteiger charge is -1.94. The molecule has 0 atom stereocenters. The average molecular weight is 160 g/mol. The van der Waals surface area contributed by atoms with Crippen LogP contribution in [-0.4, -0.2) is 24.0 Å². The third kappa shape index (κ3) is 8.28. The predicted octanol–water partition coefficient (Wildman–Crippen LogP) is -1.19. The van der Waals surface area contributed by atoms with Gasteiger partial charge in [-0.25, -0.2) is 0 Å². The van der Waals surface area contributed by atoms with Crippen LogP contribution in [0.3, 0.4) is 0 Å². The van der Waals surface area contributed by atoms with Gasteiger partial charge in [-0.3, -0.25) is 9.59 Å². The summed E-state index contributed by atoms with van der Waals surface area (Å²) in [4.78, 5) is 23.8. The summed E-state index contributed by atoms with van der Waals surface area (Å²) in [6.45, 7) is -0.194. The van der Waals surface area contributed by atoms with Gasteiger partial charge in [-0.05, 0) is 0 Å². The van der Waals surface area contributed by atoms with Gasteiger partial charge in [-0.2, -0.15) is 5.48 Å². The second-order valence-electron chi connectivity index (χ2n) is 1.43. The van der Waals surface area contributed by atoms with Crippen LogP contribution >= 0.6 is 0 Å². The van der Waals surface area contributed by atoms with Crippen molar-refractivity contribution in [2.24, 2.45) is 0 Å². The zero-order chi connectivity index (χ0) is 8.53. The Morgan fingerprint density at radius 3 is 2.91 bits per heavy atom. The van der Waals surface area contributed by atoms with E-state index in [2.05, 4.69) is 10.2 Å². The molecule has 0 aromatic rings. The normalized spacial score (nSPS) is 9.09. The van der Waals surface area contributed by atoms with Gasteiger partial charge in [0.05, 0.1) is 0 Å². The standard InChI is InChI=1S/C5H8N2O4/c8-4-7-11-2-1-6-3-5(9)10/h1-2,4,6H,3H2,(H,7,8)(H,9,10). The fourth-order valence-electron chi connectivity index (χ4n) is 0.295. The van der Waals surface area contributed by atoms with E-state index in [0.717, 1.165) is 6.26 Å². The number of carbonyl (C=O) groups excluding carboxylic acids is 1. The van der Waals surface area contributed by atoms with E-state index < -0.39 is 5.97 Å². The maximum atomic E-state index is 9.88. The van der Waals surface area contributed by atoms with E-state index in [1.807, 2.05) is 5.48 Å². The number of carboxylic acid groups (broad SMARTS) is 1. The van der Waals surface area contributed by atoms with E-state index in [-0.39, 0.29) is 6.54 Å². The van der Waals surface area contributed by atoms with E-state index in [0.29, 0.717) is 6.41 Å². The highest BCUT2D eigenvalue weighted by Gasteiger charge is 1.88. The molecule has 0 aromatic heterocycles. The van der Waals surface area contributed by atoms with Crippen LogP contribution in [0.25, 0.3) is 0 Å². The fourth-order valence-corrected chi connectivity index (χ4v) is 0.295. The first-order valence-corrected chi connectivity index (χ1v) is 2.72. The van der Waals surface area contributed by atoms with E-state index >= 15 is 0 Å². The lowest BCUT2D eigenvalue weighted by molar-refractivity contribution is -0.135. The quantitative estimate of drug-likeness (QED) is 0.197. The molecule has 0 aliphatic rings. The van der Waals surface area contributed by atoms with Gasteiger partial charge >= 0.3 is 5.97 Å². The van der Waals surface area contributed by atoms with Crippen LogP contribution in [0, 0.1) is 0 Å². The molecule has 0 spiro atoms. The van der Waals surface area contributed by atoms with Crippen molar-refractivity contribution in [3.05, 3.63) is 12.5 Å². The van der Waals surface area contributed by atoms with E-state index in [1.54, 1.807) is 0 Å². The van der Waals surface area contributed by atoms with E-state index in [4.69, 9.17) is 5.11 Å². The Morgan fingerprint density at radius 2 is 2.36 bits per heavy atom. The minimum Gasteiger partial charge on any atom is -0.480 e. The molecule has 1 amide bonds. The number of hydrogen-bond acceptors (Lipinski definition) is 4. The van der Waals surface area contributed by atoms with Gasteiger partial charge in [0.1, 0.15) is 12.8 Å². The molecule has 0 aromatic carbocycles. The monoisotopic (exact) mass is 160 g/mol. The number of carbonyl (C=O) groups is 2. The molecule has 0 saturated carbocycles. The molecule has 3 N–H and O–H groups in total. The second kappa shape index (κ2) is 6.40. The van der Waals surface area contributed by atoms with E-state index in [1.165, 1.54) is 6.20 Å². The zero-order valence-electron chi connectivity index (χ0n) is 5.61. The Balaban J connectivity index is 3.16. The molecule has 6 nitrogen and oxygen atoms in total. The molecule has 0 aliphatic heterocycles. The Hall–Kier alpha value is -1.72. The third-order valence-electron chi connectivity index (χ3n) is 0.623. The third-order valence-corrected chi connectivity index (χ3v) is 0.623. The van der Waals surface area contributed by atoms with Crippen LogP contribution in [0.15, 0.2) is 12.5 Å². The summed E-state index contributed by atoms with van der Waals surface area (Å²) in [6, 6.07) is 0. The lowest BCUT2D eigenvalue weighted by Crippen LogP contribution is -2.17. The van der Waals surface area contributed by atoms with Gasteiger partial charge in [-0.1, -0.05) is 0 Å². The summed E-state index contributed by atoms with van der Waals surface area (Å²) in [5.41, 5.74) is 1.88. The minimum atomic E-state index is -0.974. The van der Waals surface area contributed by atoms with Crippen molar-refractivity contribution < 1.29 is 19.5 Å². The van der Waals surface area contributed by atoms with Crippen LogP contribution in [0.2, 0.25) is 0 Å². The number of hydrogen-bond donors (Lipinski definition) is 3. The molecule has 0 unspecified atom stereocenters. The first kappa shape index (κ1) is 9.28. The van der Waals surface area contributed by atoms with Crippen LogP contribution in [0.4, 0.5) is 0 Å². The van der Waals surface area contributed by atoms with Gasteiger partial charge < -0.3 is 15.3 Å². The molecule has 0 bridgehead atoms. The Labute approximate surface area is 62.8 Å². The molecule has 0 aliphatic carbocycles. The summed E-state index contributed by atoms with van der Waals surface area (Å²) in [7, 11) is 0. The van der Waals surface area contributed by atoms with Gasteiger partial charge in [-0.15, -0.1) is 0 Å². The van der Waals surface area contributed by atoms with Gasteiger partial charge in [0.2, 0.25) is 6.41 Å². The van der Waals surface area contributed by atoms with Gasteiger partial charge in [0, 0.05) is 6.20 Å². The fraction of sp³-hybridized carbons (Fsp3) is 0.200. The van der Waals surface area contributed by atoms with Crippen molar-refractivity contribution in [3.63, 3.8) is 0 Å². The zero-order valence-corrected chi connectivity index (χ0v) is 5.61. The van der Waals surface area contributed by atoms with Crippen molar-refractivity contribution in [1.82, 2.24) is 10.8 Å². The molecule has 0 heterocycles. The number of hydroxylamine groups is 1. The lowest BCUT2D eigenvalue weighted by atomic mass is 10.6. The topological polar surface area (TPSA) is 87.7 Å². The smallest absolute Gasteiger partial charge is 0.322 e. The summed E-state index contributed by atoms with van der Waals surface area (Å²) in [5, 5.41) is 10.5. The average Bonchev–Trinajstić information content (AvgIpc) is 1.96. The van der Waals surface area contributed by atoms with Crippen molar-refractivity contribution >= 4 is 12.4 Å². The van der Waals surface area contributed by atoms with Crippen molar-refractivity contribution in [2.45, 2.75) is 0 Å². The van der Waals surface area contributed by atoms with Crippen molar-refractivity contribution in [3.8, 4) is 0 Å². The largest absolute Gasteiger partial charge is 0.480 e. The molecule has 0 radical (unpaired) electrons. The first-order chi connectivity index (χ1) is 5.27. The Bertz CT molecular complexity index is 157. The number of amides is 1. The van der Waals surface area contributed by atoms with Gasteiger partial charge in [0.15, 0.2) is 0 Å². The molecule has 0 saturated heterocycles. The summed E-state index contributed by atoms with van der Waals surface area (Å²) >= 11 is 0. The Morgan fingerprint density at radius 1 is 1.64 bits per heavy atom. The van der Waals surface area contributed by atoms with Crippen molar-refractivity contribution in [1.29, 1.82) is 0 Å². The van der Waals surface area contributed by atoms with Crippen LogP contribution < -0.4 is 10.8 Å². The highest BCUT2D eigenvalue weighted by atomic mass is 16.6. The number of nitrogens with one attached hydrogen (secondary N) is 2. The first-order valence-electron chi connectivity index (χ1n) is 2.72. The van der Waals surface area contributed by atoms with Crippen molar-refractivity contribution in [2.75, 3.05) is 6.54 Å². The Kier molecular flexibility index (Phi) is 5.40. The molecule has 62 valence electrons. The molecule has 0 rings (SSSR count). The summed E-state index contributed by atoms with van der Waals surface area (Å²) in [5.74, 6) is -0.974. The molecule has 11 heavy (non-hydrogen) atoms.